The molecule has 0 aliphatic heterocycles. The summed E-state index contributed by atoms with van der Waals surface area (Å²) in [7, 11) is 0. The fraction of sp³-hybridized carbons (Fsp3) is 0.250. The highest BCUT2D eigenvalue weighted by molar-refractivity contribution is 6.32. The van der Waals surface area contributed by atoms with E-state index in [-0.39, 0.29) is 0 Å². The average Bonchev–Trinajstić information content (AvgIpc) is 2.82. The van der Waals surface area contributed by atoms with Crippen molar-refractivity contribution < 1.29 is 9.90 Å². The smallest absolute Gasteiger partial charge is 0.306 e. The van der Waals surface area contributed by atoms with E-state index in [1.165, 1.54) is 6.33 Å². The summed E-state index contributed by atoms with van der Waals surface area (Å²) >= 11 is 6.15. The van der Waals surface area contributed by atoms with Crippen LogP contribution in [0, 0.1) is 5.92 Å². The maximum atomic E-state index is 10.8. The first kappa shape index (κ1) is 12.6. The summed E-state index contributed by atoms with van der Waals surface area (Å²) in [4.78, 5) is 14.6. The Morgan fingerprint density at radius 3 is 2.89 bits per heavy atom. The van der Waals surface area contributed by atoms with Crippen LogP contribution in [0.1, 0.15) is 12.5 Å². The molecule has 6 heteroatoms. The fourth-order valence-corrected chi connectivity index (χ4v) is 1.93. The largest absolute Gasteiger partial charge is 0.481 e. The average molecular weight is 266 g/mol. The van der Waals surface area contributed by atoms with Crippen LogP contribution in [0.2, 0.25) is 5.02 Å². The highest BCUT2D eigenvalue weighted by Gasteiger charge is 2.13. The van der Waals surface area contributed by atoms with Gasteiger partial charge < -0.3 is 5.11 Å². The molecule has 1 heterocycles. The van der Waals surface area contributed by atoms with E-state index in [0.29, 0.717) is 11.4 Å². The zero-order chi connectivity index (χ0) is 13.1. The third kappa shape index (κ3) is 2.68. The van der Waals surface area contributed by atoms with Crippen molar-refractivity contribution in [3.05, 3.63) is 41.4 Å². The van der Waals surface area contributed by atoms with Crippen LogP contribution in [0.5, 0.6) is 0 Å². The quantitative estimate of drug-likeness (QED) is 0.920. The van der Waals surface area contributed by atoms with Crippen LogP contribution in [0.3, 0.4) is 0 Å². The van der Waals surface area contributed by atoms with Crippen LogP contribution in [0.25, 0.3) is 5.69 Å². The van der Waals surface area contributed by atoms with Crippen molar-refractivity contribution in [2.24, 2.45) is 5.92 Å². The molecule has 0 spiro atoms. The standard InChI is InChI=1S/C12H12ClN3O2/c1-8(12(17)18)4-9-2-3-11(10(13)5-9)16-7-14-6-15-16/h2-3,5-8H,4H2,1H3,(H,17,18). The van der Waals surface area contributed by atoms with Crippen molar-refractivity contribution >= 4 is 17.6 Å². The van der Waals surface area contributed by atoms with Gasteiger partial charge in [0.15, 0.2) is 0 Å². The molecule has 94 valence electrons. The first-order valence-corrected chi connectivity index (χ1v) is 5.82. The lowest BCUT2D eigenvalue weighted by Gasteiger charge is -2.09. The number of carboxylic acid groups (broad SMARTS) is 1. The van der Waals surface area contributed by atoms with Crippen LogP contribution in [0.4, 0.5) is 0 Å². The highest BCUT2D eigenvalue weighted by atomic mass is 35.5. The topological polar surface area (TPSA) is 68.0 Å². The first-order chi connectivity index (χ1) is 8.58. The SMILES string of the molecule is CC(Cc1ccc(-n2cncn2)c(Cl)c1)C(=O)O. The van der Waals surface area contributed by atoms with Crippen molar-refractivity contribution in [2.75, 3.05) is 0 Å². The number of benzene rings is 1. The molecular weight excluding hydrogens is 254 g/mol. The summed E-state index contributed by atoms with van der Waals surface area (Å²) in [6, 6.07) is 5.42. The van der Waals surface area contributed by atoms with Gasteiger partial charge in [0, 0.05) is 0 Å². The zero-order valence-corrected chi connectivity index (χ0v) is 10.5. The third-order valence-corrected chi connectivity index (χ3v) is 2.94. The Kier molecular flexibility index (Phi) is 3.62. The predicted molar refractivity (Wildman–Crippen MR) is 66.9 cm³/mol. The van der Waals surface area contributed by atoms with Crippen molar-refractivity contribution in [3.8, 4) is 5.69 Å². The lowest BCUT2D eigenvalue weighted by Crippen LogP contribution is -2.12. The van der Waals surface area contributed by atoms with E-state index in [2.05, 4.69) is 10.1 Å². The van der Waals surface area contributed by atoms with Crippen LogP contribution >= 0.6 is 11.6 Å². The Labute approximate surface area is 109 Å². The molecule has 0 radical (unpaired) electrons. The molecule has 0 aliphatic carbocycles. The van der Waals surface area contributed by atoms with Crippen molar-refractivity contribution in [1.82, 2.24) is 14.8 Å². The fourth-order valence-electron chi connectivity index (χ4n) is 1.64. The van der Waals surface area contributed by atoms with Gasteiger partial charge in [-0.05, 0) is 24.1 Å². The maximum Gasteiger partial charge on any atom is 0.306 e. The molecule has 18 heavy (non-hydrogen) atoms. The second-order valence-electron chi connectivity index (χ2n) is 4.07. The summed E-state index contributed by atoms with van der Waals surface area (Å²) in [5, 5.41) is 13.4. The van der Waals surface area contributed by atoms with Gasteiger partial charge in [-0.1, -0.05) is 24.6 Å². The van der Waals surface area contributed by atoms with Gasteiger partial charge in [0.1, 0.15) is 12.7 Å². The van der Waals surface area contributed by atoms with Gasteiger partial charge in [0.25, 0.3) is 0 Å². The number of rotatable bonds is 4. The second kappa shape index (κ2) is 5.18. The number of carboxylic acids is 1. The number of carbonyl (C=O) groups is 1. The van der Waals surface area contributed by atoms with Gasteiger partial charge in [-0.2, -0.15) is 5.10 Å². The van der Waals surface area contributed by atoms with Gasteiger partial charge in [-0.3, -0.25) is 4.79 Å². The van der Waals surface area contributed by atoms with Crippen molar-refractivity contribution in [1.29, 1.82) is 0 Å². The minimum Gasteiger partial charge on any atom is -0.481 e. The molecule has 0 amide bonds. The molecule has 0 saturated heterocycles. The molecule has 1 atom stereocenters. The van der Waals surface area contributed by atoms with E-state index in [1.54, 1.807) is 30.1 Å². The first-order valence-electron chi connectivity index (χ1n) is 5.44. The highest BCUT2D eigenvalue weighted by Crippen LogP contribution is 2.22. The summed E-state index contributed by atoms with van der Waals surface area (Å²) < 4.78 is 1.56. The minimum absolute atomic E-state index is 0.432. The number of nitrogens with zero attached hydrogens (tertiary/aromatic N) is 3. The molecule has 5 nitrogen and oxygen atoms in total. The summed E-state index contributed by atoms with van der Waals surface area (Å²) in [6.45, 7) is 1.67. The Balaban J connectivity index is 2.23. The van der Waals surface area contributed by atoms with E-state index < -0.39 is 11.9 Å². The predicted octanol–water partition coefficient (Wildman–Crippen LogP) is 2.18. The molecule has 0 bridgehead atoms. The van der Waals surface area contributed by atoms with E-state index in [9.17, 15) is 4.79 Å². The monoisotopic (exact) mass is 265 g/mol. The Morgan fingerprint density at radius 1 is 1.56 bits per heavy atom. The Bertz CT molecular complexity index is 554. The molecule has 0 saturated carbocycles. The van der Waals surface area contributed by atoms with E-state index in [0.717, 1.165) is 11.3 Å². The van der Waals surface area contributed by atoms with Crippen molar-refractivity contribution in [3.63, 3.8) is 0 Å². The van der Waals surface area contributed by atoms with Gasteiger partial charge in [-0.15, -0.1) is 0 Å². The molecule has 0 fully saturated rings. The van der Waals surface area contributed by atoms with Gasteiger partial charge in [0.2, 0.25) is 0 Å². The summed E-state index contributed by atoms with van der Waals surface area (Å²) in [5.41, 5.74) is 1.61. The van der Waals surface area contributed by atoms with Gasteiger partial charge in [0.05, 0.1) is 16.6 Å². The number of hydrogen-bond acceptors (Lipinski definition) is 3. The Hall–Kier alpha value is -1.88. The number of aliphatic carboxylic acids is 1. The lowest BCUT2D eigenvalue weighted by molar-refractivity contribution is -0.141. The number of hydrogen-bond donors (Lipinski definition) is 1. The summed E-state index contributed by atoms with van der Waals surface area (Å²) in [5.74, 6) is -1.25. The second-order valence-corrected chi connectivity index (χ2v) is 4.48. The third-order valence-electron chi connectivity index (χ3n) is 2.64. The molecule has 1 N–H and O–H groups in total. The molecule has 0 aliphatic rings. The van der Waals surface area contributed by atoms with Gasteiger partial charge >= 0.3 is 5.97 Å². The van der Waals surface area contributed by atoms with Gasteiger partial charge in [-0.25, -0.2) is 9.67 Å². The molecular formula is C12H12ClN3O2. The molecule has 1 aromatic heterocycles. The zero-order valence-electron chi connectivity index (χ0n) is 9.75. The molecule has 2 rings (SSSR count). The number of halogens is 1. The number of aromatic nitrogens is 3. The lowest BCUT2D eigenvalue weighted by atomic mass is 10.0. The molecule has 2 aromatic rings. The molecule has 1 aromatic carbocycles. The minimum atomic E-state index is -0.813. The normalized spacial score (nSPS) is 12.3. The van der Waals surface area contributed by atoms with E-state index in [4.69, 9.17) is 16.7 Å². The molecule has 1 unspecified atom stereocenters. The summed E-state index contributed by atoms with van der Waals surface area (Å²) in [6.07, 6.45) is 3.43. The van der Waals surface area contributed by atoms with E-state index >= 15 is 0 Å². The maximum absolute atomic E-state index is 10.8. The Morgan fingerprint density at radius 2 is 2.33 bits per heavy atom. The van der Waals surface area contributed by atoms with Crippen LogP contribution in [0.15, 0.2) is 30.9 Å². The van der Waals surface area contributed by atoms with Crippen molar-refractivity contribution in [2.45, 2.75) is 13.3 Å². The van der Waals surface area contributed by atoms with Crippen LogP contribution in [-0.2, 0) is 11.2 Å². The van der Waals surface area contributed by atoms with Crippen LogP contribution in [-0.4, -0.2) is 25.8 Å². The van der Waals surface area contributed by atoms with E-state index in [1.807, 2.05) is 6.07 Å². The van der Waals surface area contributed by atoms with Crippen LogP contribution < -0.4 is 0 Å².